The smallest absolute Gasteiger partial charge is 0.214 e. The molecule has 2 rings (SSSR count). The number of rotatable bonds is 2. The predicted molar refractivity (Wildman–Crippen MR) is 61.5 cm³/mol. The van der Waals surface area contributed by atoms with Crippen LogP contribution in [-0.2, 0) is 7.05 Å². The number of thiophene rings is 1. The fourth-order valence-corrected chi connectivity index (χ4v) is 2.51. The third-order valence-electron chi connectivity index (χ3n) is 1.83. The molecule has 7 heteroatoms. The van der Waals surface area contributed by atoms with Crippen LogP contribution >= 0.6 is 38.9 Å². The molecule has 0 unspecified atom stereocenters. The molecule has 0 fully saturated rings. The SMILES string of the molecule is Cn1nnc(Br)c1C(=O)c1csc(Cl)c1. The van der Waals surface area contributed by atoms with E-state index in [-0.39, 0.29) is 5.78 Å². The lowest BCUT2D eigenvalue weighted by Crippen LogP contribution is -2.07. The normalized spacial score (nSPS) is 10.6. The maximum Gasteiger partial charge on any atom is 0.214 e. The minimum Gasteiger partial charge on any atom is -0.287 e. The highest BCUT2D eigenvalue weighted by Crippen LogP contribution is 2.24. The van der Waals surface area contributed by atoms with Crippen molar-refractivity contribution in [2.45, 2.75) is 0 Å². The van der Waals surface area contributed by atoms with Crippen molar-refractivity contribution in [3.63, 3.8) is 0 Å². The van der Waals surface area contributed by atoms with Crippen LogP contribution in [0, 0.1) is 0 Å². The molecule has 0 atom stereocenters. The molecule has 15 heavy (non-hydrogen) atoms. The van der Waals surface area contributed by atoms with Gasteiger partial charge in [0.05, 0.1) is 4.34 Å². The number of hydrogen-bond acceptors (Lipinski definition) is 4. The third kappa shape index (κ3) is 1.97. The van der Waals surface area contributed by atoms with Gasteiger partial charge in [0, 0.05) is 18.0 Å². The molecule has 2 aromatic rings. The number of nitrogens with zero attached hydrogens (tertiary/aromatic N) is 3. The average molecular weight is 307 g/mol. The number of halogens is 2. The van der Waals surface area contributed by atoms with E-state index in [0.717, 1.165) is 0 Å². The summed E-state index contributed by atoms with van der Waals surface area (Å²) < 4.78 is 2.46. The minimum absolute atomic E-state index is 0.141. The summed E-state index contributed by atoms with van der Waals surface area (Å²) in [5, 5.41) is 9.20. The molecular weight excluding hydrogens is 302 g/mol. The minimum atomic E-state index is -0.141. The second kappa shape index (κ2) is 4.03. The molecule has 0 saturated heterocycles. The Hall–Kier alpha value is -0.720. The molecule has 0 saturated carbocycles. The van der Waals surface area contributed by atoms with E-state index in [2.05, 4.69) is 26.2 Å². The Balaban J connectivity index is 2.45. The van der Waals surface area contributed by atoms with Crippen molar-refractivity contribution < 1.29 is 4.79 Å². The van der Waals surface area contributed by atoms with Crippen LogP contribution in [0.3, 0.4) is 0 Å². The van der Waals surface area contributed by atoms with Gasteiger partial charge in [0.2, 0.25) is 5.78 Å². The molecule has 0 amide bonds. The standard InChI is InChI=1S/C8H5BrClN3OS/c1-13-6(8(9)11-12-13)7(14)4-2-5(10)15-3-4/h2-3H,1H3. The second-order valence-corrected chi connectivity index (χ2v) is 5.11. The highest BCUT2D eigenvalue weighted by molar-refractivity contribution is 9.10. The summed E-state index contributed by atoms with van der Waals surface area (Å²) in [6.07, 6.45) is 0. The van der Waals surface area contributed by atoms with Gasteiger partial charge in [0.25, 0.3) is 0 Å². The molecule has 4 nitrogen and oxygen atoms in total. The van der Waals surface area contributed by atoms with Crippen molar-refractivity contribution in [3.05, 3.63) is 31.6 Å². The summed E-state index contributed by atoms with van der Waals surface area (Å²) in [5.74, 6) is -0.141. The van der Waals surface area contributed by atoms with Crippen LogP contribution in [0.2, 0.25) is 4.34 Å². The third-order valence-corrected chi connectivity index (χ3v) is 3.46. The Bertz CT molecular complexity index is 502. The van der Waals surface area contributed by atoms with Crippen LogP contribution in [0.15, 0.2) is 16.0 Å². The molecule has 0 radical (unpaired) electrons. The van der Waals surface area contributed by atoms with E-state index < -0.39 is 0 Å². The molecule has 0 spiro atoms. The Morgan fingerprint density at radius 2 is 2.40 bits per heavy atom. The maximum absolute atomic E-state index is 12.0. The van der Waals surface area contributed by atoms with Crippen molar-refractivity contribution in [2.24, 2.45) is 7.05 Å². The van der Waals surface area contributed by atoms with Crippen LogP contribution in [0.4, 0.5) is 0 Å². The predicted octanol–water partition coefficient (Wildman–Crippen LogP) is 2.52. The highest BCUT2D eigenvalue weighted by atomic mass is 79.9. The van der Waals surface area contributed by atoms with E-state index in [0.29, 0.717) is 20.2 Å². The zero-order valence-electron chi connectivity index (χ0n) is 7.57. The van der Waals surface area contributed by atoms with Gasteiger partial charge in [-0.25, -0.2) is 4.68 Å². The Labute approximate surface area is 103 Å². The summed E-state index contributed by atoms with van der Waals surface area (Å²) in [6, 6.07) is 1.63. The Morgan fingerprint density at radius 1 is 1.67 bits per heavy atom. The Morgan fingerprint density at radius 3 is 2.87 bits per heavy atom. The van der Waals surface area contributed by atoms with Crippen molar-refractivity contribution >= 4 is 44.7 Å². The molecule has 0 aliphatic carbocycles. The quantitative estimate of drug-likeness (QED) is 0.801. The van der Waals surface area contributed by atoms with Crippen LogP contribution in [0.25, 0.3) is 0 Å². The first-order valence-electron chi connectivity index (χ1n) is 3.93. The molecule has 0 aliphatic rings. The van der Waals surface area contributed by atoms with Gasteiger partial charge < -0.3 is 0 Å². The summed E-state index contributed by atoms with van der Waals surface area (Å²) in [7, 11) is 1.67. The van der Waals surface area contributed by atoms with Gasteiger partial charge in [0.15, 0.2) is 4.60 Å². The van der Waals surface area contributed by atoms with Gasteiger partial charge in [-0.2, -0.15) is 0 Å². The molecule has 0 bridgehead atoms. The van der Waals surface area contributed by atoms with Crippen molar-refractivity contribution in [1.29, 1.82) is 0 Å². The second-order valence-electron chi connectivity index (χ2n) is 2.82. The summed E-state index contributed by atoms with van der Waals surface area (Å²) >= 11 is 10.3. The fourth-order valence-electron chi connectivity index (χ4n) is 1.14. The molecular formula is C8H5BrClN3OS. The number of carbonyl (C=O) groups is 1. The first-order valence-corrected chi connectivity index (χ1v) is 5.98. The van der Waals surface area contributed by atoms with Crippen LogP contribution < -0.4 is 0 Å². The number of hydrogen-bond donors (Lipinski definition) is 0. The van der Waals surface area contributed by atoms with Crippen LogP contribution in [0.1, 0.15) is 16.1 Å². The van der Waals surface area contributed by atoms with Crippen molar-refractivity contribution in [2.75, 3.05) is 0 Å². The molecule has 0 aliphatic heterocycles. The van der Waals surface area contributed by atoms with Gasteiger partial charge in [-0.15, -0.1) is 16.4 Å². The van der Waals surface area contributed by atoms with E-state index in [1.165, 1.54) is 16.0 Å². The van der Waals surface area contributed by atoms with Gasteiger partial charge >= 0.3 is 0 Å². The van der Waals surface area contributed by atoms with Crippen molar-refractivity contribution in [1.82, 2.24) is 15.0 Å². The van der Waals surface area contributed by atoms with Gasteiger partial charge in [-0.1, -0.05) is 16.8 Å². The molecule has 0 N–H and O–H groups in total. The monoisotopic (exact) mass is 305 g/mol. The zero-order chi connectivity index (χ0) is 11.0. The van der Waals surface area contributed by atoms with E-state index >= 15 is 0 Å². The maximum atomic E-state index is 12.0. The number of ketones is 1. The number of aryl methyl sites for hydroxylation is 1. The average Bonchev–Trinajstić information content (AvgIpc) is 2.73. The Kier molecular flexibility index (Phi) is 2.90. The fraction of sp³-hybridized carbons (Fsp3) is 0.125. The lowest BCUT2D eigenvalue weighted by Gasteiger charge is -1.97. The first kappa shape index (κ1) is 10.8. The summed E-state index contributed by atoms with van der Waals surface area (Å²) in [6.45, 7) is 0. The number of aromatic nitrogens is 3. The molecule has 2 aromatic heterocycles. The van der Waals surface area contributed by atoms with E-state index in [4.69, 9.17) is 11.6 Å². The lowest BCUT2D eigenvalue weighted by molar-refractivity contribution is 0.103. The van der Waals surface area contributed by atoms with Crippen LogP contribution in [-0.4, -0.2) is 20.8 Å². The van der Waals surface area contributed by atoms with Crippen molar-refractivity contribution in [3.8, 4) is 0 Å². The number of carbonyl (C=O) groups excluding carboxylic acids is 1. The highest BCUT2D eigenvalue weighted by Gasteiger charge is 2.19. The first-order chi connectivity index (χ1) is 7.09. The van der Waals surface area contributed by atoms with E-state index in [1.807, 2.05) is 0 Å². The lowest BCUT2D eigenvalue weighted by atomic mass is 10.2. The largest absolute Gasteiger partial charge is 0.287 e. The van der Waals surface area contributed by atoms with E-state index in [1.54, 1.807) is 18.5 Å². The topological polar surface area (TPSA) is 47.8 Å². The zero-order valence-corrected chi connectivity index (χ0v) is 10.7. The molecule has 78 valence electrons. The van der Waals surface area contributed by atoms with Gasteiger partial charge in [-0.05, 0) is 22.0 Å². The molecule has 2 heterocycles. The summed E-state index contributed by atoms with van der Waals surface area (Å²) in [4.78, 5) is 12.0. The van der Waals surface area contributed by atoms with Gasteiger partial charge in [0.1, 0.15) is 5.69 Å². The van der Waals surface area contributed by atoms with Gasteiger partial charge in [-0.3, -0.25) is 4.79 Å². The van der Waals surface area contributed by atoms with E-state index in [9.17, 15) is 4.79 Å². The van der Waals surface area contributed by atoms with Crippen LogP contribution in [0.5, 0.6) is 0 Å². The summed E-state index contributed by atoms with van der Waals surface area (Å²) in [5.41, 5.74) is 0.973. The molecule has 0 aromatic carbocycles.